The molecule has 1 aromatic heterocycles. The number of amides is 1. The monoisotopic (exact) mass is 342 g/mol. The highest BCUT2D eigenvalue weighted by Crippen LogP contribution is 2.22. The van der Waals surface area contributed by atoms with E-state index in [0.29, 0.717) is 5.92 Å². The highest BCUT2D eigenvalue weighted by molar-refractivity contribution is 5.75. The van der Waals surface area contributed by atoms with E-state index in [1.54, 1.807) is 4.90 Å². The molecule has 0 spiro atoms. The number of ether oxygens (including phenoxy) is 1. The summed E-state index contributed by atoms with van der Waals surface area (Å²) >= 11 is 0. The van der Waals surface area contributed by atoms with Gasteiger partial charge in [0, 0.05) is 26.7 Å². The molecule has 1 aliphatic heterocycles. The first-order valence-corrected chi connectivity index (χ1v) is 8.73. The first-order valence-electron chi connectivity index (χ1n) is 8.73. The van der Waals surface area contributed by atoms with E-state index in [4.69, 9.17) is 4.74 Å². The largest absolute Gasteiger partial charge is 0.444 e. The maximum absolute atomic E-state index is 12.2. The molecule has 2 heterocycles. The first kappa shape index (κ1) is 17.5. The fraction of sp³-hybridized carbons (Fsp3) is 0.526. The zero-order valence-corrected chi connectivity index (χ0v) is 15.4. The standard InChI is InChI=1S/C19H26N4O2/c1-19(2,3)25-18(24)23-10-9-14(13-23)12-22(4)17-11-20-15-7-5-6-8-16(15)21-17/h5-8,11,14H,9-10,12-13H2,1-4H3. The third-order valence-corrected chi connectivity index (χ3v) is 4.30. The Labute approximate surface area is 148 Å². The van der Waals surface area contributed by atoms with Gasteiger partial charge in [0.25, 0.3) is 0 Å². The van der Waals surface area contributed by atoms with Crippen molar-refractivity contribution in [2.45, 2.75) is 32.8 Å². The van der Waals surface area contributed by atoms with Crippen molar-refractivity contribution in [2.24, 2.45) is 5.92 Å². The van der Waals surface area contributed by atoms with Crippen LogP contribution in [0.3, 0.4) is 0 Å². The number of hydrogen-bond donors (Lipinski definition) is 0. The van der Waals surface area contributed by atoms with Gasteiger partial charge in [0.1, 0.15) is 11.4 Å². The number of nitrogens with zero attached hydrogens (tertiary/aromatic N) is 4. The van der Waals surface area contributed by atoms with Crippen molar-refractivity contribution in [3.8, 4) is 0 Å². The average Bonchev–Trinajstić information content (AvgIpc) is 3.01. The molecule has 1 amide bonds. The summed E-state index contributed by atoms with van der Waals surface area (Å²) in [4.78, 5) is 25.2. The van der Waals surface area contributed by atoms with Crippen LogP contribution in [0.15, 0.2) is 30.5 Å². The van der Waals surface area contributed by atoms with Gasteiger partial charge in [0.05, 0.1) is 17.2 Å². The second-order valence-corrected chi connectivity index (χ2v) is 7.68. The Kier molecular flexibility index (Phi) is 4.79. The number of carbonyl (C=O) groups is 1. The molecule has 6 nitrogen and oxygen atoms in total. The topological polar surface area (TPSA) is 58.6 Å². The maximum atomic E-state index is 12.2. The molecule has 0 N–H and O–H groups in total. The van der Waals surface area contributed by atoms with E-state index in [2.05, 4.69) is 14.9 Å². The van der Waals surface area contributed by atoms with Crippen LogP contribution in [0.1, 0.15) is 27.2 Å². The minimum Gasteiger partial charge on any atom is -0.444 e. The van der Waals surface area contributed by atoms with Gasteiger partial charge in [-0.3, -0.25) is 4.98 Å². The normalized spacial score (nSPS) is 17.8. The quantitative estimate of drug-likeness (QED) is 0.856. The summed E-state index contributed by atoms with van der Waals surface area (Å²) in [6.07, 6.45) is 2.57. The molecular weight excluding hydrogens is 316 g/mol. The number of anilines is 1. The molecule has 0 radical (unpaired) electrons. The molecule has 1 atom stereocenters. The fourth-order valence-corrected chi connectivity index (χ4v) is 3.09. The van der Waals surface area contributed by atoms with Gasteiger partial charge in [0.2, 0.25) is 0 Å². The van der Waals surface area contributed by atoms with Crippen molar-refractivity contribution >= 4 is 22.9 Å². The Morgan fingerprint density at radius 1 is 1.32 bits per heavy atom. The third-order valence-electron chi connectivity index (χ3n) is 4.30. The van der Waals surface area contributed by atoms with E-state index >= 15 is 0 Å². The molecule has 134 valence electrons. The van der Waals surface area contributed by atoms with Gasteiger partial charge in [-0.05, 0) is 45.2 Å². The van der Waals surface area contributed by atoms with E-state index in [1.807, 2.05) is 58.3 Å². The molecule has 25 heavy (non-hydrogen) atoms. The minimum atomic E-state index is -0.452. The summed E-state index contributed by atoms with van der Waals surface area (Å²) in [5.41, 5.74) is 1.34. The Hall–Kier alpha value is -2.37. The van der Waals surface area contributed by atoms with Gasteiger partial charge in [-0.1, -0.05) is 12.1 Å². The molecule has 0 bridgehead atoms. The van der Waals surface area contributed by atoms with Crippen molar-refractivity contribution < 1.29 is 9.53 Å². The first-order chi connectivity index (χ1) is 11.8. The minimum absolute atomic E-state index is 0.219. The lowest BCUT2D eigenvalue weighted by Gasteiger charge is -2.25. The zero-order chi connectivity index (χ0) is 18.0. The number of carbonyl (C=O) groups excluding carboxylic acids is 1. The molecule has 3 rings (SSSR count). The van der Waals surface area contributed by atoms with E-state index in [1.165, 1.54) is 0 Å². The third kappa shape index (κ3) is 4.38. The van der Waals surface area contributed by atoms with Gasteiger partial charge >= 0.3 is 6.09 Å². The van der Waals surface area contributed by atoms with Crippen LogP contribution in [0.5, 0.6) is 0 Å². The fourth-order valence-electron chi connectivity index (χ4n) is 3.09. The Balaban J connectivity index is 1.59. The molecule has 1 aromatic carbocycles. The number of likely N-dealkylation sites (tertiary alicyclic amines) is 1. The van der Waals surface area contributed by atoms with Crippen LogP contribution in [0.2, 0.25) is 0 Å². The van der Waals surface area contributed by atoms with Crippen LogP contribution in [-0.4, -0.2) is 53.2 Å². The van der Waals surface area contributed by atoms with Crippen molar-refractivity contribution in [2.75, 3.05) is 31.6 Å². The molecular formula is C19H26N4O2. The van der Waals surface area contributed by atoms with Crippen LogP contribution < -0.4 is 4.90 Å². The lowest BCUT2D eigenvalue weighted by atomic mass is 10.1. The molecule has 1 aliphatic rings. The highest BCUT2D eigenvalue weighted by atomic mass is 16.6. The van der Waals surface area contributed by atoms with Gasteiger partial charge in [-0.15, -0.1) is 0 Å². The molecule has 0 aliphatic carbocycles. The predicted octanol–water partition coefficient (Wildman–Crippen LogP) is 3.32. The summed E-state index contributed by atoms with van der Waals surface area (Å²) in [5.74, 6) is 1.26. The Morgan fingerprint density at radius 2 is 2.04 bits per heavy atom. The second kappa shape index (κ2) is 6.86. The number of aromatic nitrogens is 2. The lowest BCUT2D eigenvalue weighted by Crippen LogP contribution is -2.36. The number of fused-ring (bicyclic) bond motifs is 1. The van der Waals surface area contributed by atoms with Crippen LogP contribution in [0.25, 0.3) is 11.0 Å². The number of rotatable bonds is 3. The van der Waals surface area contributed by atoms with E-state index < -0.39 is 5.60 Å². The van der Waals surface area contributed by atoms with E-state index in [0.717, 1.165) is 42.9 Å². The van der Waals surface area contributed by atoms with Crippen molar-refractivity contribution in [1.29, 1.82) is 0 Å². The summed E-state index contributed by atoms with van der Waals surface area (Å²) in [7, 11) is 2.02. The van der Waals surface area contributed by atoms with Gasteiger partial charge in [-0.25, -0.2) is 9.78 Å². The van der Waals surface area contributed by atoms with Gasteiger partial charge in [-0.2, -0.15) is 0 Å². The lowest BCUT2D eigenvalue weighted by molar-refractivity contribution is 0.0288. The smallest absolute Gasteiger partial charge is 0.410 e. The summed E-state index contributed by atoms with van der Waals surface area (Å²) in [5, 5.41) is 0. The van der Waals surface area contributed by atoms with Crippen LogP contribution in [0.4, 0.5) is 10.6 Å². The molecule has 6 heteroatoms. The summed E-state index contributed by atoms with van der Waals surface area (Å²) in [6, 6.07) is 7.86. The molecule has 1 fully saturated rings. The Bertz CT molecular complexity index is 756. The van der Waals surface area contributed by atoms with Crippen molar-refractivity contribution in [3.05, 3.63) is 30.5 Å². The second-order valence-electron chi connectivity index (χ2n) is 7.68. The average molecular weight is 342 g/mol. The van der Waals surface area contributed by atoms with Crippen LogP contribution >= 0.6 is 0 Å². The SMILES string of the molecule is CN(CC1CCN(C(=O)OC(C)(C)C)C1)c1cnc2ccccc2n1. The zero-order valence-electron chi connectivity index (χ0n) is 15.4. The van der Waals surface area contributed by atoms with E-state index in [-0.39, 0.29) is 6.09 Å². The van der Waals surface area contributed by atoms with Crippen molar-refractivity contribution in [3.63, 3.8) is 0 Å². The number of benzene rings is 1. The molecule has 1 saturated heterocycles. The Morgan fingerprint density at radius 3 is 2.76 bits per heavy atom. The maximum Gasteiger partial charge on any atom is 0.410 e. The van der Waals surface area contributed by atoms with Crippen molar-refractivity contribution in [1.82, 2.24) is 14.9 Å². The molecule has 1 unspecified atom stereocenters. The number of para-hydroxylation sites is 2. The molecule has 2 aromatic rings. The van der Waals surface area contributed by atoms with Crippen LogP contribution in [-0.2, 0) is 4.74 Å². The number of hydrogen-bond acceptors (Lipinski definition) is 5. The van der Waals surface area contributed by atoms with E-state index in [9.17, 15) is 4.79 Å². The summed E-state index contributed by atoms with van der Waals surface area (Å²) in [6.45, 7) is 7.99. The molecule has 0 saturated carbocycles. The highest BCUT2D eigenvalue weighted by Gasteiger charge is 2.30. The van der Waals surface area contributed by atoms with Crippen LogP contribution in [0, 0.1) is 5.92 Å². The van der Waals surface area contributed by atoms with Gasteiger partial charge in [0.15, 0.2) is 0 Å². The predicted molar refractivity (Wildman–Crippen MR) is 98.7 cm³/mol. The summed E-state index contributed by atoms with van der Waals surface area (Å²) < 4.78 is 5.46. The van der Waals surface area contributed by atoms with Gasteiger partial charge < -0.3 is 14.5 Å².